The Morgan fingerprint density at radius 2 is 2.09 bits per heavy atom. The number of hydrogen-bond acceptors (Lipinski definition) is 1. The highest BCUT2D eigenvalue weighted by Crippen LogP contribution is 2.11. The van der Waals surface area contributed by atoms with Crippen LogP contribution in [0.15, 0.2) is 0 Å². The van der Waals surface area contributed by atoms with Gasteiger partial charge in [-0.3, -0.25) is 5.32 Å². The van der Waals surface area contributed by atoms with Gasteiger partial charge in [-0.15, -0.1) is 0 Å². The van der Waals surface area contributed by atoms with E-state index in [1.165, 1.54) is 0 Å². The van der Waals surface area contributed by atoms with Crippen molar-refractivity contribution < 1.29 is 13.2 Å². The molecule has 0 saturated heterocycles. The first kappa shape index (κ1) is 10.0. The third-order valence-corrected chi connectivity index (χ3v) is 0.881. The van der Waals surface area contributed by atoms with Gasteiger partial charge in [0.15, 0.2) is 5.11 Å². The van der Waals surface area contributed by atoms with E-state index in [0.717, 1.165) is 0 Å². The standard InChI is InChI=1S/C5H5F3N2S/c1-2-9-4(11)10-3-5(6,7)8/h1H,3H2,(H2,9,10,11). The monoisotopic (exact) mass is 182 g/mol. The molecule has 6 heteroatoms. The van der Waals surface area contributed by atoms with Crippen molar-refractivity contribution in [3.63, 3.8) is 0 Å². The predicted molar refractivity (Wildman–Crippen MR) is 38.6 cm³/mol. The molecule has 0 aromatic carbocycles. The van der Waals surface area contributed by atoms with E-state index in [0.29, 0.717) is 0 Å². The maximum atomic E-state index is 11.5. The molecule has 2 N–H and O–H groups in total. The summed E-state index contributed by atoms with van der Waals surface area (Å²) in [5.41, 5.74) is 0. The van der Waals surface area contributed by atoms with Crippen LogP contribution in [-0.4, -0.2) is 17.8 Å². The lowest BCUT2D eigenvalue weighted by Gasteiger charge is -2.08. The van der Waals surface area contributed by atoms with E-state index >= 15 is 0 Å². The van der Waals surface area contributed by atoms with Gasteiger partial charge in [-0.05, 0) is 12.2 Å². The molecule has 0 bridgehead atoms. The maximum absolute atomic E-state index is 11.5. The molecule has 0 rings (SSSR count). The van der Waals surface area contributed by atoms with E-state index in [9.17, 15) is 13.2 Å². The fraction of sp³-hybridized carbons (Fsp3) is 0.400. The van der Waals surface area contributed by atoms with Gasteiger partial charge in [0, 0.05) is 6.04 Å². The van der Waals surface area contributed by atoms with Crippen molar-refractivity contribution in [1.82, 2.24) is 10.6 Å². The van der Waals surface area contributed by atoms with Crippen LogP contribution in [0.1, 0.15) is 0 Å². The first-order chi connectivity index (χ1) is 4.95. The second kappa shape index (κ2) is 4.03. The zero-order chi connectivity index (χ0) is 8.91. The van der Waals surface area contributed by atoms with Crippen LogP contribution in [0.4, 0.5) is 13.2 Å². The van der Waals surface area contributed by atoms with Crippen LogP contribution in [0.25, 0.3) is 0 Å². The average Bonchev–Trinajstić information content (AvgIpc) is 1.83. The minimum Gasteiger partial charge on any atom is -0.353 e. The Bertz CT molecular complexity index is 181. The summed E-state index contributed by atoms with van der Waals surface area (Å²) < 4.78 is 34.4. The van der Waals surface area contributed by atoms with Crippen LogP contribution in [0.5, 0.6) is 0 Å². The van der Waals surface area contributed by atoms with Crippen LogP contribution in [0, 0.1) is 12.5 Å². The minimum atomic E-state index is -4.28. The summed E-state index contributed by atoms with van der Waals surface area (Å²) in [5.74, 6) is 0. The van der Waals surface area contributed by atoms with E-state index in [-0.39, 0.29) is 5.11 Å². The van der Waals surface area contributed by atoms with E-state index < -0.39 is 12.7 Å². The van der Waals surface area contributed by atoms with Crippen LogP contribution in [0.2, 0.25) is 0 Å². The van der Waals surface area contributed by atoms with Crippen molar-refractivity contribution in [2.45, 2.75) is 6.18 Å². The third-order valence-electron chi connectivity index (χ3n) is 0.635. The summed E-state index contributed by atoms with van der Waals surface area (Å²) in [4.78, 5) is 0. The topological polar surface area (TPSA) is 24.1 Å². The molecular weight excluding hydrogens is 177 g/mol. The van der Waals surface area contributed by atoms with Crippen LogP contribution >= 0.6 is 12.2 Å². The van der Waals surface area contributed by atoms with E-state index in [1.807, 2.05) is 11.4 Å². The molecule has 0 aliphatic carbocycles. The van der Waals surface area contributed by atoms with E-state index in [2.05, 4.69) is 17.5 Å². The van der Waals surface area contributed by atoms with Gasteiger partial charge >= 0.3 is 6.18 Å². The molecule has 0 unspecified atom stereocenters. The van der Waals surface area contributed by atoms with Gasteiger partial charge in [0.2, 0.25) is 0 Å². The van der Waals surface area contributed by atoms with Gasteiger partial charge < -0.3 is 5.32 Å². The van der Waals surface area contributed by atoms with Crippen LogP contribution in [0.3, 0.4) is 0 Å². The highest BCUT2D eigenvalue weighted by atomic mass is 32.1. The first-order valence-electron chi connectivity index (χ1n) is 2.52. The Morgan fingerprint density at radius 3 is 2.45 bits per heavy atom. The molecule has 0 aromatic heterocycles. The second-order valence-electron chi connectivity index (χ2n) is 1.57. The van der Waals surface area contributed by atoms with E-state index in [4.69, 9.17) is 6.42 Å². The fourth-order valence-corrected chi connectivity index (χ4v) is 0.421. The summed E-state index contributed by atoms with van der Waals surface area (Å²) in [7, 11) is 0. The van der Waals surface area contributed by atoms with Crippen molar-refractivity contribution >= 4 is 17.3 Å². The largest absolute Gasteiger partial charge is 0.405 e. The normalized spacial score (nSPS) is 10.0. The Hall–Kier alpha value is -0.960. The summed E-state index contributed by atoms with van der Waals surface area (Å²) in [6, 6.07) is 1.88. The summed E-state index contributed by atoms with van der Waals surface area (Å²) >= 11 is 4.36. The molecule has 0 saturated carbocycles. The van der Waals surface area contributed by atoms with Gasteiger partial charge in [-0.1, -0.05) is 6.42 Å². The molecule has 0 spiro atoms. The van der Waals surface area contributed by atoms with Crippen LogP contribution < -0.4 is 10.6 Å². The lowest BCUT2D eigenvalue weighted by atomic mass is 10.6. The summed E-state index contributed by atoms with van der Waals surface area (Å²) in [6.45, 7) is -1.18. The van der Waals surface area contributed by atoms with Crippen LogP contribution in [-0.2, 0) is 0 Å². The Kier molecular flexibility index (Phi) is 3.68. The first-order valence-corrected chi connectivity index (χ1v) is 2.93. The quantitative estimate of drug-likeness (QED) is 0.353. The number of halogens is 3. The van der Waals surface area contributed by atoms with Crippen molar-refractivity contribution in [3.05, 3.63) is 0 Å². The Morgan fingerprint density at radius 1 is 1.55 bits per heavy atom. The molecule has 0 heterocycles. The number of hydrogen-bond donors (Lipinski definition) is 2. The van der Waals surface area contributed by atoms with Gasteiger partial charge in [0.25, 0.3) is 0 Å². The zero-order valence-corrected chi connectivity index (χ0v) is 6.14. The van der Waals surface area contributed by atoms with Gasteiger partial charge in [0.1, 0.15) is 6.54 Å². The van der Waals surface area contributed by atoms with Gasteiger partial charge in [0.05, 0.1) is 0 Å². The van der Waals surface area contributed by atoms with Crippen molar-refractivity contribution in [1.29, 1.82) is 0 Å². The second-order valence-corrected chi connectivity index (χ2v) is 1.98. The highest BCUT2D eigenvalue weighted by molar-refractivity contribution is 7.80. The molecule has 11 heavy (non-hydrogen) atoms. The molecule has 0 amide bonds. The van der Waals surface area contributed by atoms with Crippen molar-refractivity contribution in [2.75, 3.05) is 6.54 Å². The molecule has 2 nitrogen and oxygen atoms in total. The van der Waals surface area contributed by atoms with Crippen molar-refractivity contribution in [2.24, 2.45) is 0 Å². The maximum Gasteiger partial charge on any atom is 0.405 e. The minimum absolute atomic E-state index is 0.204. The average molecular weight is 182 g/mol. The highest BCUT2D eigenvalue weighted by Gasteiger charge is 2.26. The molecule has 0 aliphatic heterocycles. The number of thiocarbonyl (C=S) groups is 1. The predicted octanol–water partition coefficient (Wildman–Crippen LogP) is 0.604. The van der Waals surface area contributed by atoms with E-state index in [1.54, 1.807) is 0 Å². The lowest BCUT2D eigenvalue weighted by Crippen LogP contribution is -2.38. The van der Waals surface area contributed by atoms with Gasteiger partial charge in [-0.2, -0.15) is 13.2 Å². The fourth-order valence-electron chi connectivity index (χ4n) is 0.290. The number of rotatable bonds is 1. The lowest BCUT2D eigenvalue weighted by molar-refractivity contribution is -0.121. The Labute approximate surface area is 67.2 Å². The third kappa shape index (κ3) is 6.93. The summed E-state index contributed by atoms with van der Waals surface area (Å²) in [5, 5.41) is 3.74. The molecule has 0 atom stereocenters. The molecule has 0 fully saturated rings. The SMILES string of the molecule is C#CNC(=S)NCC(F)(F)F. The molecular formula is C5H5F3N2S. The summed E-state index contributed by atoms with van der Waals surface area (Å²) in [6.07, 6.45) is 0.421. The molecule has 0 aromatic rings. The van der Waals surface area contributed by atoms with Crippen molar-refractivity contribution in [3.8, 4) is 12.5 Å². The molecule has 0 radical (unpaired) electrons. The van der Waals surface area contributed by atoms with Gasteiger partial charge in [-0.25, -0.2) is 0 Å². The smallest absolute Gasteiger partial charge is 0.353 e. The molecule has 0 aliphatic rings. The number of nitrogens with one attached hydrogen (secondary N) is 2. The molecule has 62 valence electrons. The number of terminal acetylenes is 1. The number of alkyl halides is 3. The zero-order valence-electron chi connectivity index (χ0n) is 5.33. The Balaban J connectivity index is 3.57.